The summed E-state index contributed by atoms with van der Waals surface area (Å²) in [5, 5.41) is 23.4. The lowest BCUT2D eigenvalue weighted by molar-refractivity contribution is -0.530. The Bertz CT molecular complexity index is 593. The van der Waals surface area contributed by atoms with Gasteiger partial charge in [-0.1, -0.05) is 12.1 Å². The van der Waals surface area contributed by atoms with Crippen molar-refractivity contribution in [1.29, 1.82) is 0 Å². The summed E-state index contributed by atoms with van der Waals surface area (Å²) in [6.07, 6.45) is 1.32. The first-order valence-electron chi connectivity index (χ1n) is 6.71. The fourth-order valence-electron chi connectivity index (χ4n) is 1.56. The van der Waals surface area contributed by atoms with E-state index in [4.69, 9.17) is 5.11 Å². The molecule has 0 aliphatic heterocycles. The number of hydrogen-bond donors (Lipinski definition) is 3. The highest BCUT2D eigenvalue weighted by molar-refractivity contribution is 7.80. The van der Waals surface area contributed by atoms with Crippen LogP contribution in [0.3, 0.4) is 0 Å². The molecule has 1 unspecified atom stereocenters. The summed E-state index contributed by atoms with van der Waals surface area (Å²) in [6, 6.07) is 5.42. The number of thiol groups is 1. The molecule has 6 nitrogen and oxygen atoms in total. The normalized spacial score (nSPS) is 13.5. The predicted octanol–water partition coefficient (Wildman–Crippen LogP) is 1.53. The summed E-state index contributed by atoms with van der Waals surface area (Å²) in [6.45, 7) is 5.25. The number of carboxylic acid groups (broad SMARTS) is 1. The molecule has 1 aromatic rings. The van der Waals surface area contributed by atoms with Crippen molar-refractivity contribution in [3.05, 3.63) is 40.6 Å². The highest BCUT2D eigenvalue weighted by Crippen LogP contribution is 2.10. The largest absolute Gasteiger partial charge is 0.623 e. The summed E-state index contributed by atoms with van der Waals surface area (Å²) in [4.78, 5) is 23.2. The van der Waals surface area contributed by atoms with Crippen molar-refractivity contribution in [1.82, 2.24) is 5.32 Å². The topological polar surface area (TPSA) is 92.5 Å². The summed E-state index contributed by atoms with van der Waals surface area (Å²) in [7, 11) is 0. The Labute approximate surface area is 134 Å². The number of amides is 1. The molecule has 0 spiro atoms. The maximum atomic E-state index is 12.2. The second kappa shape index (κ2) is 7.31. The first-order valence-corrected chi connectivity index (χ1v) is 7.35. The average molecular weight is 324 g/mol. The minimum Gasteiger partial charge on any atom is -0.623 e. The van der Waals surface area contributed by atoms with Crippen molar-refractivity contribution in [2.75, 3.05) is 5.75 Å². The molecule has 1 aromatic carbocycles. The molecule has 0 saturated heterocycles. The number of nitrogens with one attached hydrogen (secondary N) is 1. The van der Waals surface area contributed by atoms with E-state index in [0.717, 1.165) is 4.74 Å². The van der Waals surface area contributed by atoms with Gasteiger partial charge in [-0.2, -0.15) is 12.6 Å². The third-order valence-electron chi connectivity index (χ3n) is 2.91. The zero-order chi connectivity index (χ0) is 16.9. The van der Waals surface area contributed by atoms with Gasteiger partial charge < -0.3 is 15.6 Å². The second-order valence-corrected chi connectivity index (χ2v) is 6.12. The molecule has 22 heavy (non-hydrogen) atoms. The van der Waals surface area contributed by atoms with Crippen molar-refractivity contribution >= 4 is 30.7 Å². The maximum Gasteiger partial charge on any atom is 0.327 e. The van der Waals surface area contributed by atoms with Crippen LogP contribution in [0.4, 0.5) is 0 Å². The lowest BCUT2D eigenvalue weighted by atomic mass is 10.1. The van der Waals surface area contributed by atoms with Gasteiger partial charge >= 0.3 is 5.97 Å². The highest BCUT2D eigenvalue weighted by Gasteiger charge is 2.22. The van der Waals surface area contributed by atoms with E-state index in [2.05, 4.69) is 17.9 Å². The van der Waals surface area contributed by atoms with Gasteiger partial charge in [-0.25, -0.2) is 9.53 Å². The van der Waals surface area contributed by atoms with Crippen LogP contribution >= 0.6 is 12.6 Å². The van der Waals surface area contributed by atoms with E-state index in [1.54, 1.807) is 39.0 Å². The third-order valence-corrected chi connectivity index (χ3v) is 3.27. The number of hydroxylamine groups is 1. The van der Waals surface area contributed by atoms with Gasteiger partial charge in [0.25, 0.3) is 5.91 Å². The van der Waals surface area contributed by atoms with Crippen LogP contribution in [0.2, 0.25) is 0 Å². The Morgan fingerprint density at radius 2 is 2.00 bits per heavy atom. The van der Waals surface area contributed by atoms with Gasteiger partial charge in [-0.15, -0.1) is 0 Å². The van der Waals surface area contributed by atoms with Crippen LogP contribution in [0.1, 0.15) is 36.7 Å². The molecule has 0 aromatic heterocycles. The van der Waals surface area contributed by atoms with Crippen molar-refractivity contribution in [3.8, 4) is 0 Å². The molecule has 0 bridgehead atoms. The summed E-state index contributed by atoms with van der Waals surface area (Å²) >= 11 is 3.90. The Morgan fingerprint density at radius 3 is 2.50 bits per heavy atom. The number of carboxylic acids is 1. The van der Waals surface area contributed by atoms with Gasteiger partial charge in [0.15, 0.2) is 11.8 Å². The molecule has 2 N–H and O–H groups in total. The van der Waals surface area contributed by atoms with Gasteiger partial charge in [0.2, 0.25) is 0 Å². The molecular formula is C15H20N2O4S. The molecule has 0 aliphatic rings. The monoisotopic (exact) mass is 324 g/mol. The number of rotatable bonds is 5. The molecule has 7 heteroatoms. The zero-order valence-corrected chi connectivity index (χ0v) is 13.6. The van der Waals surface area contributed by atoms with Crippen molar-refractivity contribution < 1.29 is 19.4 Å². The third kappa shape index (κ3) is 4.77. The number of carbonyl (C=O) groups is 2. The fraction of sp³-hybridized carbons (Fsp3) is 0.400. The van der Waals surface area contributed by atoms with E-state index in [0.29, 0.717) is 5.56 Å². The first kappa shape index (κ1) is 18.0. The van der Waals surface area contributed by atoms with Crippen LogP contribution in [0.5, 0.6) is 0 Å². The Kier molecular flexibility index (Phi) is 5.99. The standard InChI is InChI=1S/C15H20N2O4S/c1-15(2,3)17(21)8-10-6-4-5-7-11(10)13(18)16-12(9-22)14(19)20/h4-8,12,22H,9H2,1-3H3,(H,16,18)(H,19,20)/b17-8-. The number of aliphatic carboxylic acids is 1. The van der Waals surface area contributed by atoms with Crippen LogP contribution < -0.4 is 5.32 Å². The minimum absolute atomic E-state index is 0.0252. The van der Waals surface area contributed by atoms with E-state index in [1.165, 1.54) is 12.3 Å². The average Bonchev–Trinajstić information content (AvgIpc) is 2.43. The molecule has 0 heterocycles. The first-order chi connectivity index (χ1) is 10.2. The van der Waals surface area contributed by atoms with Crippen LogP contribution in [-0.4, -0.2) is 45.3 Å². The van der Waals surface area contributed by atoms with Gasteiger partial charge in [0.05, 0.1) is 11.1 Å². The zero-order valence-electron chi connectivity index (χ0n) is 12.7. The Morgan fingerprint density at radius 1 is 1.41 bits per heavy atom. The Hall–Kier alpha value is -2.02. The molecule has 120 valence electrons. The van der Waals surface area contributed by atoms with Crippen molar-refractivity contribution in [2.24, 2.45) is 0 Å². The summed E-state index contributed by atoms with van der Waals surface area (Å²) in [5.41, 5.74) is 0.0204. The Balaban J connectivity index is 3.11. The fourth-order valence-corrected chi connectivity index (χ4v) is 1.81. The molecule has 0 fully saturated rings. The van der Waals surface area contributed by atoms with Gasteiger partial charge in [-0.05, 0) is 12.1 Å². The molecule has 0 saturated carbocycles. The maximum absolute atomic E-state index is 12.2. The highest BCUT2D eigenvalue weighted by atomic mass is 32.1. The summed E-state index contributed by atoms with van der Waals surface area (Å²) in [5.74, 6) is -1.75. The second-order valence-electron chi connectivity index (χ2n) is 5.76. The van der Waals surface area contributed by atoms with Crippen LogP contribution in [0, 0.1) is 5.21 Å². The van der Waals surface area contributed by atoms with Crippen LogP contribution in [0.15, 0.2) is 24.3 Å². The number of benzene rings is 1. The van der Waals surface area contributed by atoms with E-state index >= 15 is 0 Å². The van der Waals surface area contributed by atoms with Crippen LogP contribution in [0.25, 0.3) is 0 Å². The van der Waals surface area contributed by atoms with E-state index in [-0.39, 0.29) is 11.3 Å². The smallest absolute Gasteiger partial charge is 0.327 e. The number of nitrogens with zero attached hydrogens (tertiary/aromatic N) is 1. The van der Waals surface area contributed by atoms with E-state index in [9.17, 15) is 14.8 Å². The van der Waals surface area contributed by atoms with E-state index < -0.39 is 23.5 Å². The minimum atomic E-state index is -1.16. The van der Waals surface area contributed by atoms with Gasteiger partial charge in [0.1, 0.15) is 6.04 Å². The summed E-state index contributed by atoms with van der Waals surface area (Å²) < 4.78 is 0.756. The van der Waals surface area contributed by atoms with Crippen molar-refractivity contribution in [2.45, 2.75) is 32.4 Å². The number of hydrogen-bond acceptors (Lipinski definition) is 4. The lowest BCUT2D eigenvalue weighted by Crippen LogP contribution is -2.42. The molecule has 1 amide bonds. The van der Waals surface area contributed by atoms with Gasteiger partial charge in [-0.3, -0.25) is 4.79 Å². The molecular weight excluding hydrogens is 304 g/mol. The lowest BCUT2D eigenvalue weighted by Gasteiger charge is -2.19. The van der Waals surface area contributed by atoms with Crippen LogP contribution in [-0.2, 0) is 4.79 Å². The van der Waals surface area contributed by atoms with E-state index in [1.807, 2.05) is 0 Å². The molecule has 0 radical (unpaired) electrons. The SMILES string of the molecule is CC(C)(C)/[N+]([O-])=C/c1ccccc1C(=O)NC(CS)C(=O)O. The quantitative estimate of drug-likeness (QED) is 0.252. The van der Waals surface area contributed by atoms with Gasteiger partial charge in [0, 0.05) is 26.5 Å². The molecule has 1 atom stereocenters. The predicted molar refractivity (Wildman–Crippen MR) is 87.7 cm³/mol. The number of carbonyl (C=O) groups excluding carboxylic acids is 1. The molecule has 0 aliphatic carbocycles. The van der Waals surface area contributed by atoms with Crippen molar-refractivity contribution in [3.63, 3.8) is 0 Å². The molecule has 1 rings (SSSR count).